The van der Waals surface area contributed by atoms with E-state index in [-0.39, 0.29) is 27.6 Å². The third-order valence-corrected chi connectivity index (χ3v) is 3.49. The molecule has 0 saturated heterocycles. The lowest BCUT2D eigenvalue weighted by Crippen LogP contribution is -2.22. The van der Waals surface area contributed by atoms with Crippen LogP contribution in [-0.4, -0.2) is 9.97 Å². The van der Waals surface area contributed by atoms with Gasteiger partial charge in [0.15, 0.2) is 0 Å². The highest BCUT2D eigenvalue weighted by Crippen LogP contribution is 2.38. The Morgan fingerprint density at radius 3 is 2.46 bits per heavy atom. The van der Waals surface area contributed by atoms with E-state index < -0.39 is 23.0 Å². The van der Waals surface area contributed by atoms with Gasteiger partial charge >= 0.3 is 11.9 Å². The van der Waals surface area contributed by atoms with Gasteiger partial charge in [0, 0.05) is 0 Å². The van der Waals surface area contributed by atoms with Gasteiger partial charge in [0.1, 0.15) is 0 Å². The number of alkyl halides is 3. The molecule has 0 spiro atoms. The fraction of sp³-hybridized carbons (Fsp3) is 0.0625. The second kappa shape index (κ2) is 5.38. The first-order valence-electron chi connectivity index (χ1n) is 6.67. The topological polar surface area (TPSA) is 89.5 Å². The van der Waals surface area contributed by atoms with Crippen LogP contribution in [0, 0.1) is 11.3 Å². The summed E-state index contributed by atoms with van der Waals surface area (Å²) in [6.45, 7) is 0. The van der Waals surface area contributed by atoms with E-state index in [4.69, 9.17) is 5.26 Å². The van der Waals surface area contributed by atoms with Crippen molar-refractivity contribution < 1.29 is 13.2 Å². The summed E-state index contributed by atoms with van der Waals surface area (Å²) in [5, 5.41) is 8.83. The lowest BCUT2D eigenvalue weighted by atomic mass is 9.96. The van der Waals surface area contributed by atoms with Gasteiger partial charge in [-0.3, -0.25) is 9.78 Å². The van der Waals surface area contributed by atoms with Gasteiger partial charge in [-0.05, 0) is 35.4 Å². The lowest BCUT2D eigenvalue weighted by Gasteiger charge is -2.14. The Balaban J connectivity index is 2.43. The van der Waals surface area contributed by atoms with Crippen LogP contribution >= 0.6 is 0 Å². The van der Waals surface area contributed by atoms with E-state index >= 15 is 0 Å². The van der Waals surface area contributed by atoms with Crippen molar-refractivity contribution in [2.24, 2.45) is 0 Å². The number of benzene rings is 2. The highest BCUT2D eigenvalue weighted by Gasteiger charge is 2.34. The molecule has 0 fully saturated rings. The molecule has 0 aliphatic heterocycles. The summed E-state index contributed by atoms with van der Waals surface area (Å²) >= 11 is 0. The average Bonchev–Trinajstić information content (AvgIpc) is 2.53. The molecule has 120 valence electrons. The molecule has 8 heteroatoms. The molecule has 0 radical (unpaired) electrons. The highest BCUT2D eigenvalue weighted by molar-refractivity contribution is 5.86. The Morgan fingerprint density at radius 2 is 1.79 bits per heavy atom. The van der Waals surface area contributed by atoms with E-state index in [1.54, 1.807) is 0 Å². The molecule has 1 heterocycles. The first-order valence-corrected chi connectivity index (χ1v) is 6.67. The zero-order valence-corrected chi connectivity index (χ0v) is 11.9. The number of nitrogens with zero attached hydrogens (tertiary/aromatic N) is 1. The fourth-order valence-electron chi connectivity index (χ4n) is 2.44. The number of hydrogen-bond donors (Lipinski definition) is 2. The first kappa shape index (κ1) is 15.6. The van der Waals surface area contributed by atoms with Crippen molar-refractivity contribution in [1.29, 1.82) is 5.26 Å². The maximum Gasteiger partial charge on any atom is 0.417 e. The molecule has 0 unspecified atom stereocenters. The molecular formula is C16H8F3N3O2. The molecule has 0 amide bonds. The van der Waals surface area contributed by atoms with E-state index in [0.29, 0.717) is 0 Å². The van der Waals surface area contributed by atoms with Crippen molar-refractivity contribution in [3.05, 3.63) is 68.4 Å². The summed E-state index contributed by atoms with van der Waals surface area (Å²) in [6, 6.07) is 9.27. The number of nitrogens with one attached hydrogen (secondary N) is 2. The fourth-order valence-corrected chi connectivity index (χ4v) is 2.44. The number of halogens is 3. The van der Waals surface area contributed by atoms with Gasteiger partial charge in [-0.25, -0.2) is 4.79 Å². The van der Waals surface area contributed by atoms with Crippen LogP contribution in [0.3, 0.4) is 0 Å². The third kappa shape index (κ3) is 2.67. The summed E-state index contributed by atoms with van der Waals surface area (Å²) in [4.78, 5) is 27.3. The molecule has 5 nitrogen and oxygen atoms in total. The standard InChI is InChI=1S/C16H8F3N3O2/c17-16(18,19)12-6-13-11(14(23)22-15(24)21-13)5-10(12)9-3-1-2-8(4-9)7-20/h1-6H,(H2,21,22,23,24). The maximum absolute atomic E-state index is 13.4. The number of aromatic nitrogens is 2. The zero-order chi connectivity index (χ0) is 17.5. The van der Waals surface area contributed by atoms with Gasteiger partial charge in [-0.15, -0.1) is 0 Å². The molecule has 0 atom stereocenters. The molecule has 0 aliphatic carbocycles. The molecule has 1 aromatic heterocycles. The maximum atomic E-state index is 13.4. The number of H-pyrrole nitrogens is 2. The van der Waals surface area contributed by atoms with Gasteiger partial charge in [0.2, 0.25) is 0 Å². The second-order valence-electron chi connectivity index (χ2n) is 5.04. The van der Waals surface area contributed by atoms with Crippen molar-refractivity contribution >= 4 is 10.9 Å². The molecule has 24 heavy (non-hydrogen) atoms. The number of fused-ring (bicyclic) bond motifs is 1. The smallest absolute Gasteiger partial charge is 0.307 e. The minimum absolute atomic E-state index is 0.0834. The lowest BCUT2D eigenvalue weighted by molar-refractivity contribution is -0.137. The van der Waals surface area contributed by atoms with Gasteiger partial charge < -0.3 is 4.98 Å². The quantitative estimate of drug-likeness (QED) is 0.718. The van der Waals surface area contributed by atoms with Crippen LogP contribution in [0.15, 0.2) is 46.0 Å². The Kier molecular flexibility index (Phi) is 3.49. The summed E-state index contributed by atoms with van der Waals surface area (Å²) in [5.74, 6) is 0. The van der Waals surface area contributed by atoms with Crippen molar-refractivity contribution in [1.82, 2.24) is 9.97 Å². The molecule has 3 rings (SSSR count). The predicted molar refractivity (Wildman–Crippen MR) is 80.3 cm³/mol. The summed E-state index contributed by atoms with van der Waals surface area (Å²) in [5.41, 5.74) is -2.81. The van der Waals surface area contributed by atoms with Gasteiger partial charge in [0.05, 0.1) is 28.1 Å². The summed E-state index contributed by atoms with van der Waals surface area (Å²) < 4.78 is 40.2. The SMILES string of the molecule is N#Cc1cccc(-c2cc3c(=O)[nH]c(=O)[nH]c3cc2C(F)(F)F)c1. The first-order chi connectivity index (χ1) is 11.3. The number of rotatable bonds is 1. The molecule has 3 aromatic rings. The van der Waals surface area contributed by atoms with Crippen molar-refractivity contribution in [3.63, 3.8) is 0 Å². The number of aromatic amines is 2. The minimum atomic E-state index is -4.70. The average molecular weight is 331 g/mol. The monoisotopic (exact) mass is 331 g/mol. The van der Waals surface area contributed by atoms with Crippen molar-refractivity contribution in [2.75, 3.05) is 0 Å². The number of nitriles is 1. The molecule has 2 N–H and O–H groups in total. The Morgan fingerprint density at radius 1 is 1.04 bits per heavy atom. The van der Waals surface area contributed by atoms with Crippen LogP contribution in [0.25, 0.3) is 22.0 Å². The van der Waals surface area contributed by atoms with Gasteiger partial charge in [0.25, 0.3) is 5.56 Å². The van der Waals surface area contributed by atoms with E-state index in [1.165, 1.54) is 24.3 Å². The third-order valence-electron chi connectivity index (χ3n) is 3.49. The Bertz CT molecular complexity index is 1100. The van der Waals surface area contributed by atoms with E-state index in [9.17, 15) is 22.8 Å². The van der Waals surface area contributed by atoms with E-state index in [1.807, 2.05) is 11.1 Å². The molecular weight excluding hydrogens is 323 g/mol. The van der Waals surface area contributed by atoms with Gasteiger partial charge in [-0.1, -0.05) is 12.1 Å². The summed E-state index contributed by atoms with van der Waals surface area (Å²) in [6.07, 6.45) is -4.70. The van der Waals surface area contributed by atoms with Crippen molar-refractivity contribution in [3.8, 4) is 17.2 Å². The zero-order valence-electron chi connectivity index (χ0n) is 11.9. The van der Waals surface area contributed by atoms with Crippen LogP contribution in [0.5, 0.6) is 0 Å². The van der Waals surface area contributed by atoms with E-state index in [0.717, 1.165) is 12.1 Å². The molecule has 0 bridgehead atoms. The van der Waals surface area contributed by atoms with Gasteiger partial charge in [-0.2, -0.15) is 18.4 Å². The summed E-state index contributed by atoms with van der Waals surface area (Å²) in [7, 11) is 0. The van der Waals surface area contributed by atoms with Crippen molar-refractivity contribution in [2.45, 2.75) is 6.18 Å². The Hall–Kier alpha value is -3.34. The normalized spacial score (nSPS) is 11.4. The second-order valence-corrected chi connectivity index (χ2v) is 5.04. The van der Waals surface area contributed by atoms with Crippen LogP contribution < -0.4 is 11.2 Å². The van der Waals surface area contributed by atoms with Crippen LogP contribution in [0.1, 0.15) is 11.1 Å². The van der Waals surface area contributed by atoms with E-state index in [2.05, 4.69) is 4.98 Å². The molecule has 2 aromatic carbocycles. The minimum Gasteiger partial charge on any atom is -0.307 e. The molecule has 0 aliphatic rings. The van der Waals surface area contributed by atoms with Crippen LogP contribution in [-0.2, 0) is 6.18 Å². The Labute approximate surface area is 132 Å². The van der Waals surface area contributed by atoms with Crippen LogP contribution in [0.2, 0.25) is 0 Å². The van der Waals surface area contributed by atoms with Crippen LogP contribution in [0.4, 0.5) is 13.2 Å². The largest absolute Gasteiger partial charge is 0.417 e. The predicted octanol–water partition coefficient (Wildman–Crippen LogP) is 2.77. The highest BCUT2D eigenvalue weighted by atomic mass is 19.4. The molecule has 0 saturated carbocycles. The number of hydrogen-bond acceptors (Lipinski definition) is 3.